The van der Waals surface area contributed by atoms with Gasteiger partial charge in [-0.15, -0.1) is 0 Å². The first-order valence-corrected chi connectivity index (χ1v) is 8.35. The van der Waals surface area contributed by atoms with E-state index in [0.29, 0.717) is 11.2 Å². The fourth-order valence-electron chi connectivity index (χ4n) is 2.00. The molecule has 3 nitrogen and oxygen atoms in total. The van der Waals surface area contributed by atoms with Gasteiger partial charge in [-0.25, -0.2) is 8.42 Å². The number of hydrogen-bond acceptors (Lipinski definition) is 3. The largest absolute Gasteiger partial charge is 0.313 e. The van der Waals surface area contributed by atoms with Gasteiger partial charge in [0.1, 0.15) is 0 Å². The van der Waals surface area contributed by atoms with Gasteiger partial charge in [0.25, 0.3) is 0 Å². The summed E-state index contributed by atoms with van der Waals surface area (Å²) in [5.41, 5.74) is 0.306. The second-order valence-corrected chi connectivity index (χ2v) is 9.70. The monoisotopic (exact) mass is 259 g/mol. The second kappa shape index (κ2) is 4.23. The van der Waals surface area contributed by atoms with E-state index >= 15 is 0 Å². The van der Waals surface area contributed by atoms with E-state index < -0.39 is 14.6 Å². The van der Waals surface area contributed by atoms with E-state index in [0.717, 1.165) is 19.0 Å². The Morgan fingerprint density at radius 3 is 2.24 bits per heavy atom. The van der Waals surface area contributed by atoms with Crippen LogP contribution < -0.4 is 5.32 Å². The third kappa shape index (κ3) is 3.44. The number of nitrogens with one attached hydrogen (secondary N) is 1. The van der Waals surface area contributed by atoms with Gasteiger partial charge in [0.15, 0.2) is 9.84 Å². The Morgan fingerprint density at radius 2 is 1.82 bits per heavy atom. The molecule has 0 saturated heterocycles. The molecule has 0 heterocycles. The first-order valence-electron chi connectivity index (χ1n) is 6.70. The second-order valence-electron chi connectivity index (χ2n) is 6.84. The first-order chi connectivity index (χ1) is 7.74. The Kier molecular flexibility index (Phi) is 3.32. The molecule has 2 aliphatic rings. The molecule has 0 unspecified atom stereocenters. The van der Waals surface area contributed by atoms with Crippen LogP contribution in [0, 0.1) is 5.41 Å². The highest BCUT2D eigenvalue weighted by Crippen LogP contribution is 2.49. The van der Waals surface area contributed by atoms with Crippen LogP contribution in [0.5, 0.6) is 0 Å². The van der Waals surface area contributed by atoms with Gasteiger partial charge in [0.2, 0.25) is 0 Å². The maximum Gasteiger partial charge on any atom is 0.155 e. The topological polar surface area (TPSA) is 46.2 Å². The third-order valence-electron chi connectivity index (χ3n) is 4.13. The van der Waals surface area contributed by atoms with Crippen LogP contribution in [0.3, 0.4) is 0 Å². The van der Waals surface area contributed by atoms with Crippen molar-refractivity contribution in [3.63, 3.8) is 0 Å². The highest BCUT2D eigenvalue weighted by molar-refractivity contribution is 7.92. The van der Waals surface area contributed by atoms with Gasteiger partial charge in [-0.1, -0.05) is 0 Å². The van der Waals surface area contributed by atoms with E-state index in [9.17, 15) is 8.42 Å². The van der Waals surface area contributed by atoms with Crippen LogP contribution in [0.4, 0.5) is 0 Å². The molecular formula is C13H25NO2S. The molecule has 0 aromatic carbocycles. The zero-order valence-electron chi connectivity index (χ0n) is 11.3. The standard InChI is InChI=1S/C13H25NO2S/c1-12(2,3)17(15,16)9-8-13(6-7-13)10-14-11-4-5-11/h11,14H,4-10H2,1-3H3. The fourth-order valence-corrected chi connectivity index (χ4v) is 3.31. The molecule has 0 amide bonds. The molecule has 1 N–H and O–H groups in total. The summed E-state index contributed by atoms with van der Waals surface area (Å²) in [7, 11) is -2.94. The van der Waals surface area contributed by atoms with Gasteiger partial charge < -0.3 is 5.32 Å². The van der Waals surface area contributed by atoms with Crippen molar-refractivity contribution in [1.29, 1.82) is 0 Å². The molecular weight excluding hydrogens is 234 g/mol. The molecule has 0 aliphatic heterocycles. The molecule has 0 atom stereocenters. The van der Waals surface area contributed by atoms with E-state index in [1.807, 2.05) is 0 Å². The van der Waals surface area contributed by atoms with Crippen LogP contribution in [0.25, 0.3) is 0 Å². The van der Waals surface area contributed by atoms with Crippen LogP contribution in [-0.2, 0) is 9.84 Å². The van der Waals surface area contributed by atoms with Gasteiger partial charge in [-0.05, 0) is 58.3 Å². The molecule has 2 rings (SSSR count). The molecule has 0 spiro atoms. The Morgan fingerprint density at radius 1 is 1.24 bits per heavy atom. The lowest BCUT2D eigenvalue weighted by molar-refractivity contribution is 0.438. The minimum absolute atomic E-state index is 0.306. The first kappa shape index (κ1) is 13.3. The van der Waals surface area contributed by atoms with Crippen molar-refractivity contribution >= 4 is 9.84 Å². The molecule has 0 aromatic heterocycles. The van der Waals surface area contributed by atoms with Crippen molar-refractivity contribution < 1.29 is 8.42 Å². The Balaban J connectivity index is 1.81. The average molecular weight is 259 g/mol. The quantitative estimate of drug-likeness (QED) is 0.795. The Bertz CT molecular complexity index is 373. The summed E-state index contributed by atoms with van der Waals surface area (Å²) in [4.78, 5) is 0. The summed E-state index contributed by atoms with van der Waals surface area (Å²) in [6.07, 6.45) is 5.85. The lowest BCUT2D eigenvalue weighted by Crippen LogP contribution is -2.33. The Labute approximate surface area is 105 Å². The zero-order valence-corrected chi connectivity index (χ0v) is 12.1. The van der Waals surface area contributed by atoms with Crippen LogP contribution >= 0.6 is 0 Å². The van der Waals surface area contributed by atoms with E-state index in [4.69, 9.17) is 0 Å². The summed E-state index contributed by atoms with van der Waals surface area (Å²) < 4.78 is 23.5. The lowest BCUT2D eigenvalue weighted by Gasteiger charge is -2.22. The number of sulfone groups is 1. The van der Waals surface area contributed by atoms with E-state index in [2.05, 4.69) is 5.32 Å². The minimum atomic E-state index is -2.94. The summed E-state index contributed by atoms with van der Waals surface area (Å²) >= 11 is 0. The van der Waals surface area contributed by atoms with Crippen molar-refractivity contribution in [2.75, 3.05) is 12.3 Å². The van der Waals surface area contributed by atoms with Crippen LogP contribution in [-0.4, -0.2) is 31.5 Å². The SMILES string of the molecule is CC(C)(C)S(=O)(=O)CCC1(CNC2CC2)CC1. The van der Waals surface area contributed by atoms with Gasteiger partial charge in [-0.2, -0.15) is 0 Å². The zero-order chi connectivity index (χ0) is 12.7. The van der Waals surface area contributed by atoms with Gasteiger partial charge in [0.05, 0.1) is 10.5 Å². The molecule has 0 radical (unpaired) electrons. The van der Waals surface area contributed by atoms with Crippen molar-refractivity contribution in [3.8, 4) is 0 Å². The average Bonchev–Trinajstić information content (AvgIpc) is 3.08. The van der Waals surface area contributed by atoms with Crippen LogP contribution in [0.15, 0.2) is 0 Å². The van der Waals surface area contributed by atoms with E-state index in [-0.39, 0.29) is 0 Å². The molecule has 17 heavy (non-hydrogen) atoms. The van der Waals surface area contributed by atoms with Gasteiger partial charge >= 0.3 is 0 Å². The van der Waals surface area contributed by atoms with Gasteiger partial charge in [0, 0.05) is 12.6 Å². The molecule has 100 valence electrons. The lowest BCUT2D eigenvalue weighted by atomic mass is 10.0. The van der Waals surface area contributed by atoms with Crippen LogP contribution in [0.2, 0.25) is 0 Å². The summed E-state index contributed by atoms with van der Waals surface area (Å²) in [6, 6.07) is 0.728. The van der Waals surface area contributed by atoms with E-state index in [1.165, 1.54) is 25.7 Å². The molecule has 2 saturated carbocycles. The summed E-state index contributed by atoms with van der Waals surface area (Å²) in [5.74, 6) is 0.350. The maximum absolute atomic E-state index is 12.1. The normalized spacial score (nSPS) is 23.7. The third-order valence-corrected chi connectivity index (χ3v) is 6.74. The van der Waals surface area contributed by atoms with Crippen molar-refractivity contribution in [2.24, 2.45) is 5.41 Å². The van der Waals surface area contributed by atoms with E-state index in [1.54, 1.807) is 20.8 Å². The molecule has 2 fully saturated rings. The predicted molar refractivity (Wildman–Crippen MR) is 70.8 cm³/mol. The molecule has 0 aromatic rings. The van der Waals surface area contributed by atoms with Crippen molar-refractivity contribution in [3.05, 3.63) is 0 Å². The minimum Gasteiger partial charge on any atom is -0.313 e. The molecule has 2 aliphatic carbocycles. The van der Waals surface area contributed by atoms with Crippen molar-refractivity contribution in [2.45, 2.75) is 63.7 Å². The van der Waals surface area contributed by atoms with Crippen molar-refractivity contribution in [1.82, 2.24) is 5.32 Å². The maximum atomic E-state index is 12.1. The molecule has 0 bridgehead atoms. The number of hydrogen-bond donors (Lipinski definition) is 1. The van der Waals surface area contributed by atoms with Crippen LogP contribution in [0.1, 0.15) is 52.9 Å². The molecule has 4 heteroatoms. The summed E-state index contributed by atoms with van der Waals surface area (Å²) in [6.45, 7) is 6.41. The number of rotatable bonds is 6. The summed E-state index contributed by atoms with van der Waals surface area (Å²) in [5, 5.41) is 3.54. The fraction of sp³-hybridized carbons (Fsp3) is 1.00. The predicted octanol–water partition coefficient (Wildman–Crippen LogP) is 2.12. The smallest absolute Gasteiger partial charge is 0.155 e. The Hall–Kier alpha value is -0.0900. The highest BCUT2D eigenvalue weighted by atomic mass is 32.2. The van der Waals surface area contributed by atoms with Gasteiger partial charge in [-0.3, -0.25) is 0 Å². The highest BCUT2D eigenvalue weighted by Gasteiger charge is 2.44.